The van der Waals surface area contributed by atoms with E-state index in [1.807, 2.05) is 47.9 Å². The molecule has 4 aromatic rings. The Bertz CT molecular complexity index is 1120. The Morgan fingerprint density at radius 2 is 2.16 bits per heavy atom. The Morgan fingerprint density at radius 1 is 1.32 bits per heavy atom. The maximum Gasteiger partial charge on any atom is 0.157 e. The van der Waals surface area contributed by atoms with E-state index in [4.69, 9.17) is 5.11 Å². The minimum Gasteiger partial charge on any atom is -0.394 e. The van der Waals surface area contributed by atoms with Crippen LogP contribution < -0.4 is 5.32 Å². The molecule has 0 saturated heterocycles. The number of nitrogens with zero attached hydrogens (tertiary/aromatic N) is 5. The molecule has 2 N–H and O–H groups in total. The molecule has 0 amide bonds. The molecule has 0 saturated carbocycles. The number of benzene rings is 1. The molecule has 0 spiro atoms. The number of nitrogens with one attached hydrogen (secondary N) is 1. The fourth-order valence-electron chi connectivity index (χ4n) is 2.99. The Kier molecular flexibility index (Phi) is 3.60. The van der Waals surface area contributed by atoms with Gasteiger partial charge in [-0.3, -0.25) is 9.08 Å². The first-order valence-corrected chi connectivity index (χ1v) is 7.92. The number of pyridine rings is 1. The highest BCUT2D eigenvalue weighted by atomic mass is 16.3. The molecular weight excluding hydrogens is 316 g/mol. The van der Waals surface area contributed by atoms with Crippen molar-refractivity contribution >= 4 is 28.2 Å². The monoisotopic (exact) mass is 332 g/mol. The highest BCUT2D eigenvalue weighted by Gasteiger charge is 2.15. The normalized spacial score (nSPS) is 11.1. The summed E-state index contributed by atoms with van der Waals surface area (Å²) in [5.74, 6) is 0.809. The quantitative estimate of drug-likeness (QED) is 0.599. The number of aryl methyl sites for hydroxylation is 1. The first-order chi connectivity index (χ1) is 12.2. The minimum absolute atomic E-state index is 0.0352. The smallest absolute Gasteiger partial charge is 0.157 e. The third-order valence-electron chi connectivity index (χ3n) is 4.12. The summed E-state index contributed by atoms with van der Waals surface area (Å²) in [4.78, 5) is 4.63. The van der Waals surface area contributed by atoms with Crippen molar-refractivity contribution in [3.05, 3.63) is 53.9 Å². The predicted octanol–water partition coefficient (Wildman–Crippen LogP) is 2.60. The molecule has 4 rings (SSSR count). The Morgan fingerprint density at radius 3 is 2.96 bits per heavy atom. The first kappa shape index (κ1) is 15.2. The summed E-state index contributed by atoms with van der Waals surface area (Å²) in [6, 6.07) is 12.0. The van der Waals surface area contributed by atoms with Gasteiger partial charge in [0, 0.05) is 6.20 Å². The van der Waals surface area contributed by atoms with E-state index in [1.54, 1.807) is 10.9 Å². The zero-order valence-corrected chi connectivity index (χ0v) is 13.6. The van der Waals surface area contributed by atoms with Gasteiger partial charge in [-0.15, -0.1) is 0 Å². The number of fused-ring (bicyclic) bond motifs is 3. The number of nitriles is 1. The van der Waals surface area contributed by atoms with Crippen molar-refractivity contribution in [1.82, 2.24) is 19.2 Å². The molecule has 0 aliphatic carbocycles. The van der Waals surface area contributed by atoms with Gasteiger partial charge in [-0.2, -0.15) is 10.4 Å². The van der Waals surface area contributed by atoms with E-state index in [0.717, 1.165) is 28.1 Å². The molecule has 0 atom stereocenters. The van der Waals surface area contributed by atoms with Crippen molar-refractivity contribution in [2.75, 3.05) is 11.9 Å². The van der Waals surface area contributed by atoms with Gasteiger partial charge < -0.3 is 10.4 Å². The van der Waals surface area contributed by atoms with Gasteiger partial charge in [0.15, 0.2) is 5.65 Å². The van der Waals surface area contributed by atoms with Gasteiger partial charge in [-0.1, -0.05) is 12.1 Å². The van der Waals surface area contributed by atoms with E-state index in [9.17, 15) is 5.26 Å². The van der Waals surface area contributed by atoms with E-state index >= 15 is 0 Å². The Labute approximate surface area is 143 Å². The van der Waals surface area contributed by atoms with Crippen LogP contribution >= 0.6 is 0 Å². The van der Waals surface area contributed by atoms with E-state index in [-0.39, 0.29) is 6.61 Å². The van der Waals surface area contributed by atoms with Crippen LogP contribution in [-0.2, 0) is 6.54 Å². The highest BCUT2D eigenvalue weighted by molar-refractivity contribution is 5.85. The van der Waals surface area contributed by atoms with Gasteiger partial charge >= 0.3 is 0 Å². The van der Waals surface area contributed by atoms with Crippen LogP contribution in [0.15, 0.2) is 42.7 Å². The number of para-hydroxylation sites is 2. The van der Waals surface area contributed by atoms with Crippen molar-refractivity contribution in [1.29, 1.82) is 5.26 Å². The summed E-state index contributed by atoms with van der Waals surface area (Å²) >= 11 is 0. The first-order valence-electron chi connectivity index (χ1n) is 7.92. The molecule has 3 heterocycles. The van der Waals surface area contributed by atoms with Crippen LogP contribution in [0.5, 0.6) is 0 Å². The molecule has 0 fully saturated rings. The lowest BCUT2D eigenvalue weighted by Gasteiger charge is -2.11. The molecule has 1 aromatic carbocycles. The standard InChI is InChI=1S/C18H16N6O/c1-12-8-17(21-13-10-20-23(11-13)6-7-25)24-16-5-3-2-4-15(16)22-18(24)14(12)9-19/h2-5,8,10-11,21,25H,6-7H2,1H3. The lowest BCUT2D eigenvalue weighted by molar-refractivity contribution is 0.269. The second-order valence-corrected chi connectivity index (χ2v) is 5.80. The third kappa shape index (κ3) is 2.49. The summed E-state index contributed by atoms with van der Waals surface area (Å²) in [5, 5.41) is 26.1. The summed E-state index contributed by atoms with van der Waals surface area (Å²) in [7, 11) is 0. The number of hydrogen-bond donors (Lipinski definition) is 2. The maximum absolute atomic E-state index is 9.52. The van der Waals surface area contributed by atoms with E-state index in [2.05, 4.69) is 21.5 Å². The van der Waals surface area contributed by atoms with Gasteiger partial charge in [-0.25, -0.2) is 4.98 Å². The topological polar surface area (TPSA) is 91.2 Å². The van der Waals surface area contributed by atoms with Crippen LogP contribution in [-0.4, -0.2) is 30.9 Å². The fraction of sp³-hybridized carbons (Fsp3) is 0.167. The average molecular weight is 332 g/mol. The zero-order chi connectivity index (χ0) is 17.4. The molecule has 0 bridgehead atoms. The number of rotatable bonds is 4. The van der Waals surface area contributed by atoms with E-state index in [0.29, 0.717) is 17.8 Å². The largest absolute Gasteiger partial charge is 0.394 e. The molecule has 0 aliphatic rings. The van der Waals surface area contributed by atoms with Gasteiger partial charge in [-0.05, 0) is 30.7 Å². The predicted molar refractivity (Wildman–Crippen MR) is 94.7 cm³/mol. The van der Waals surface area contributed by atoms with Gasteiger partial charge in [0.1, 0.15) is 11.9 Å². The number of aliphatic hydroxyl groups excluding tert-OH is 1. The van der Waals surface area contributed by atoms with Crippen molar-refractivity contribution in [2.24, 2.45) is 0 Å². The number of aromatic nitrogens is 4. The van der Waals surface area contributed by atoms with Gasteiger partial charge in [0.25, 0.3) is 0 Å². The van der Waals surface area contributed by atoms with Crippen LogP contribution in [0, 0.1) is 18.3 Å². The summed E-state index contributed by atoms with van der Waals surface area (Å²) < 4.78 is 3.62. The molecule has 0 radical (unpaired) electrons. The van der Waals surface area contributed by atoms with Gasteiger partial charge in [0.05, 0.1) is 41.6 Å². The molecular formula is C18H16N6O. The lowest BCUT2D eigenvalue weighted by atomic mass is 10.1. The van der Waals surface area contributed by atoms with Crippen LogP contribution in [0.4, 0.5) is 11.5 Å². The SMILES string of the molecule is Cc1cc(Nc2cnn(CCO)c2)n2c(nc3ccccc32)c1C#N. The Balaban J connectivity index is 1.92. The number of imidazole rings is 1. The molecule has 0 unspecified atom stereocenters. The van der Waals surface area contributed by atoms with E-state index in [1.165, 1.54) is 0 Å². The highest BCUT2D eigenvalue weighted by Crippen LogP contribution is 2.28. The summed E-state index contributed by atoms with van der Waals surface area (Å²) in [5.41, 5.74) is 4.63. The molecule has 7 heteroatoms. The van der Waals surface area contributed by atoms with Crippen LogP contribution in [0.3, 0.4) is 0 Å². The third-order valence-corrected chi connectivity index (χ3v) is 4.12. The molecule has 7 nitrogen and oxygen atoms in total. The number of hydrogen-bond acceptors (Lipinski definition) is 5. The molecule has 124 valence electrons. The summed E-state index contributed by atoms with van der Waals surface area (Å²) in [6.07, 6.45) is 3.53. The van der Waals surface area contributed by atoms with Crippen molar-refractivity contribution in [3.8, 4) is 6.07 Å². The second kappa shape index (κ2) is 5.92. The van der Waals surface area contributed by atoms with Crippen LogP contribution in [0.25, 0.3) is 16.7 Å². The fourth-order valence-corrected chi connectivity index (χ4v) is 2.99. The van der Waals surface area contributed by atoms with Gasteiger partial charge in [0.2, 0.25) is 0 Å². The van der Waals surface area contributed by atoms with Crippen molar-refractivity contribution in [2.45, 2.75) is 13.5 Å². The second-order valence-electron chi connectivity index (χ2n) is 5.80. The van der Waals surface area contributed by atoms with Crippen molar-refractivity contribution in [3.63, 3.8) is 0 Å². The summed E-state index contributed by atoms with van der Waals surface area (Å²) in [6.45, 7) is 2.38. The average Bonchev–Trinajstić information content (AvgIpc) is 3.19. The minimum atomic E-state index is 0.0352. The van der Waals surface area contributed by atoms with Crippen molar-refractivity contribution < 1.29 is 5.11 Å². The Hall–Kier alpha value is -3.37. The van der Waals surface area contributed by atoms with Crippen LogP contribution in [0.2, 0.25) is 0 Å². The maximum atomic E-state index is 9.52. The molecule has 25 heavy (non-hydrogen) atoms. The lowest BCUT2D eigenvalue weighted by Crippen LogP contribution is -2.03. The van der Waals surface area contributed by atoms with E-state index < -0.39 is 0 Å². The zero-order valence-electron chi connectivity index (χ0n) is 13.6. The van der Waals surface area contributed by atoms with Crippen LogP contribution in [0.1, 0.15) is 11.1 Å². The number of aliphatic hydroxyl groups is 1. The molecule has 3 aromatic heterocycles. The molecule has 0 aliphatic heterocycles. The number of anilines is 2.